The van der Waals surface area contributed by atoms with Gasteiger partial charge in [0.05, 0.1) is 5.92 Å². The fraction of sp³-hybridized carbons (Fsp3) is 0.333. The number of nitrogens with one attached hydrogen (secondary N) is 2. The number of fused-ring (bicyclic) bond motifs is 1. The molecule has 7 nitrogen and oxygen atoms in total. The Bertz CT molecular complexity index is 892. The number of pyridine rings is 1. The SMILES string of the molecule is O=C1CC(C(=O)N2CCC(C(=O)Nc3ccccn3)CC2)c2ccccc2N1. The highest BCUT2D eigenvalue weighted by Crippen LogP contribution is 2.34. The number of hydrogen-bond donors (Lipinski definition) is 2. The topological polar surface area (TPSA) is 91.4 Å². The number of carbonyl (C=O) groups excluding carboxylic acids is 3. The van der Waals surface area contributed by atoms with Crippen molar-refractivity contribution in [2.45, 2.75) is 25.2 Å². The van der Waals surface area contributed by atoms with Gasteiger partial charge in [0, 0.05) is 37.3 Å². The molecule has 0 aliphatic carbocycles. The number of rotatable bonds is 3. The summed E-state index contributed by atoms with van der Waals surface area (Å²) < 4.78 is 0. The van der Waals surface area contributed by atoms with E-state index >= 15 is 0 Å². The standard InChI is InChI=1S/C21H22N4O3/c26-19-13-16(15-5-1-2-6-17(15)23-19)21(28)25-11-8-14(9-12-25)20(27)24-18-7-3-4-10-22-18/h1-7,10,14,16H,8-9,11-13H2,(H,23,26)(H,22,24,27). The third kappa shape index (κ3) is 3.74. The summed E-state index contributed by atoms with van der Waals surface area (Å²) in [7, 11) is 0. The number of piperidine rings is 1. The highest BCUT2D eigenvalue weighted by molar-refractivity contribution is 6.01. The fourth-order valence-electron chi connectivity index (χ4n) is 3.88. The number of likely N-dealkylation sites (tertiary alicyclic amines) is 1. The normalized spacial score (nSPS) is 19.5. The molecule has 3 heterocycles. The number of anilines is 2. The van der Waals surface area contributed by atoms with Gasteiger partial charge in [0.1, 0.15) is 5.82 Å². The fourth-order valence-corrected chi connectivity index (χ4v) is 3.88. The van der Waals surface area contributed by atoms with Crippen LogP contribution in [0.2, 0.25) is 0 Å². The molecule has 3 amide bonds. The van der Waals surface area contributed by atoms with E-state index in [1.165, 1.54) is 0 Å². The van der Waals surface area contributed by atoms with Crippen LogP contribution in [0.3, 0.4) is 0 Å². The predicted molar refractivity (Wildman–Crippen MR) is 105 cm³/mol. The average molecular weight is 378 g/mol. The summed E-state index contributed by atoms with van der Waals surface area (Å²) in [6, 6.07) is 12.8. The van der Waals surface area contributed by atoms with Crippen molar-refractivity contribution >= 4 is 29.2 Å². The van der Waals surface area contributed by atoms with E-state index in [2.05, 4.69) is 15.6 Å². The Morgan fingerprint density at radius 3 is 2.57 bits per heavy atom. The number of amides is 3. The van der Waals surface area contributed by atoms with Crippen LogP contribution in [0.1, 0.15) is 30.7 Å². The van der Waals surface area contributed by atoms with Gasteiger partial charge in [-0.2, -0.15) is 0 Å². The average Bonchev–Trinajstić information content (AvgIpc) is 2.73. The summed E-state index contributed by atoms with van der Waals surface area (Å²) in [4.78, 5) is 43.4. The smallest absolute Gasteiger partial charge is 0.230 e. The first-order valence-electron chi connectivity index (χ1n) is 9.51. The van der Waals surface area contributed by atoms with Gasteiger partial charge in [-0.15, -0.1) is 0 Å². The lowest BCUT2D eigenvalue weighted by atomic mass is 9.88. The lowest BCUT2D eigenvalue weighted by Gasteiger charge is -2.35. The predicted octanol–water partition coefficient (Wildman–Crippen LogP) is 2.38. The van der Waals surface area contributed by atoms with Crippen molar-refractivity contribution in [2.24, 2.45) is 5.92 Å². The quantitative estimate of drug-likeness (QED) is 0.858. The first-order chi connectivity index (χ1) is 13.6. The van der Waals surface area contributed by atoms with Crippen molar-refractivity contribution in [1.29, 1.82) is 0 Å². The Hall–Kier alpha value is -3.22. The van der Waals surface area contributed by atoms with E-state index in [9.17, 15) is 14.4 Å². The van der Waals surface area contributed by atoms with Gasteiger partial charge in [-0.3, -0.25) is 14.4 Å². The molecule has 2 aromatic rings. The third-order valence-electron chi connectivity index (χ3n) is 5.39. The second-order valence-electron chi connectivity index (χ2n) is 7.20. The highest BCUT2D eigenvalue weighted by Gasteiger charge is 2.35. The van der Waals surface area contributed by atoms with E-state index in [-0.39, 0.29) is 30.1 Å². The monoisotopic (exact) mass is 378 g/mol. The molecule has 7 heteroatoms. The second-order valence-corrected chi connectivity index (χ2v) is 7.20. The molecule has 1 aromatic carbocycles. The molecule has 0 radical (unpaired) electrons. The summed E-state index contributed by atoms with van der Waals surface area (Å²) in [6.07, 6.45) is 3.00. The Labute approximate surface area is 163 Å². The minimum Gasteiger partial charge on any atom is -0.342 e. The summed E-state index contributed by atoms with van der Waals surface area (Å²) in [6.45, 7) is 1.03. The molecule has 1 atom stereocenters. The van der Waals surface area contributed by atoms with Crippen LogP contribution in [0.15, 0.2) is 48.7 Å². The van der Waals surface area contributed by atoms with Crippen molar-refractivity contribution in [3.8, 4) is 0 Å². The van der Waals surface area contributed by atoms with E-state index in [1.807, 2.05) is 30.3 Å². The largest absolute Gasteiger partial charge is 0.342 e. The molecule has 1 fully saturated rings. The lowest BCUT2D eigenvalue weighted by molar-refractivity contribution is -0.137. The van der Waals surface area contributed by atoms with Crippen LogP contribution >= 0.6 is 0 Å². The molecule has 1 unspecified atom stereocenters. The van der Waals surface area contributed by atoms with Crippen LogP contribution in [-0.2, 0) is 14.4 Å². The summed E-state index contributed by atoms with van der Waals surface area (Å²) in [5.74, 6) is -0.298. The van der Waals surface area contributed by atoms with E-state index in [0.29, 0.717) is 37.4 Å². The van der Waals surface area contributed by atoms with Gasteiger partial charge in [-0.05, 0) is 36.6 Å². The molecule has 2 aliphatic heterocycles. The molecule has 144 valence electrons. The van der Waals surface area contributed by atoms with Gasteiger partial charge in [0.2, 0.25) is 17.7 Å². The van der Waals surface area contributed by atoms with Gasteiger partial charge in [-0.25, -0.2) is 4.98 Å². The number of nitrogens with zero attached hydrogens (tertiary/aromatic N) is 2. The maximum atomic E-state index is 13.1. The van der Waals surface area contributed by atoms with Crippen LogP contribution < -0.4 is 10.6 Å². The Morgan fingerprint density at radius 2 is 1.82 bits per heavy atom. The van der Waals surface area contributed by atoms with E-state index < -0.39 is 5.92 Å². The molecule has 28 heavy (non-hydrogen) atoms. The van der Waals surface area contributed by atoms with Crippen molar-refractivity contribution in [3.05, 3.63) is 54.2 Å². The third-order valence-corrected chi connectivity index (χ3v) is 5.39. The molecule has 2 N–H and O–H groups in total. The van der Waals surface area contributed by atoms with Gasteiger partial charge >= 0.3 is 0 Å². The summed E-state index contributed by atoms with van der Waals surface area (Å²) >= 11 is 0. The van der Waals surface area contributed by atoms with Gasteiger partial charge < -0.3 is 15.5 Å². The number of hydrogen-bond acceptors (Lipinski definition) is 4. The molecule has 0 spiro atoms. The maximum absolute atomic E-state index is 13.1. The van der Waals surface area contributed by atoms with Crippen LogP contribution in [0.4, 0.5) is 11.5 Å². The van der Waals surface area contributed by atoms with Crippen LogP contribution in [-0.4, -0.2) is 40.7 Å². The molecule has 0 saturated carbocycles. The lowest BCUT2D eigenvalue weighted by Crippen LogP contribution is -2.44. The first kappa shape index (κ1) is 18.2. The van der Waals surface area contributed by atoms with Crippen LogP contribution in [0.5, 0.6) is 0 Å². The molecule has 1 saturated heterocycles. The van der Waals surface area contributed by atoms with E-state index in [0.717, 1.165) is 5.56 Å². The minimum atomic E-state index is -0.455. The number of benzene rings is 1. The van der Waals surface area contributed by atoms with Gasteiger partial charge in [-0.1, -0.05) is 24.3 Å². The number of para-hydroxylation sites is 1. The molecule has 2 aliphatic rings. The number of carbonyl (C=O) groups is 3. The molecular formula is C21H22N4O3. The zero-order valence-corrected chi connectivity index (χ0v) is 15.4. The maximum Gasteiger partial charge on any atom is 0.230 e. The van der Waals surface area contributed by atoms with Crippen LogP contribution in [0, 0.1) is 5.92 Å². The zero-order chi connectivity index (χ0) is 19.5. The van der Waals surface area contributed by atoms with Crippen molar-refractivity contribution in [3.63, 3.8) is 0 Å². The summed E-state index contributed by atoms with van der Waals surface area (Å²) in [5.41, 5.74) is 1.57. The zero-order valence-electron chi connectivity index (χ0n) is 15.4. The minimum absolute atomic E-state index is 0.0362. The van der Waals surface area contributed by atoms with Gasteiger partial charge in [0.15, 0.2) is 0 Å². The summed E-state index contributed by atoms with van der Waals surface area (Å²) in [5, 5.41) is 5.66. The second kappa shape index (κ2) is 7.80. The van der Waals surface area contributed by atoms with Gasteiger partial charge in [0.25, 0.3) is 0 Å². The molecule has 1 aromatic heterocycles. The van der Waals surface area contributed by atoms with Crippen molar-refractivity contribution in [2.75, 3.05) is 23.7 Å². The Morgan fingerprint density at radius 1 is 1.07 bits per heavy atom. The Balaban J connectivity index is 1.38. The number of aromatic nitrogens is 1. The first-order valence-corrected chi connectivity index (χ1v) is 9.51. The highest BCUT2D eigenvalue weighted by atomic mass is 16.2. The van der Waals surface area contributed by atoms with E-state index in [4.69, 9.17) is 0 Å². The molecule has 4 rings (SSSR count). The molecular weight excluding hydrogens is 356 g/mol. The molecule has 0 bridgehead atoms. The van der Waals surface area contributed by atoms with Crippen LogP contribution in [0.25, 0.3) is 0 Å². The van der Waals surface area contributed by atoms with Crippen molar-refractivity contribution < 1.29 is 14.4 Å². The Kier molecular flexibility index (Phi) is 5.06. The van der Waals surface area contributed by atoms with E-state index in [1.54, 1.807) is 23.2 Å². The van der Waals surface area contributed by atoms with Crippen molar-refractivity contribution in [1.82, 2.24) is 9.88 Å².